The first-order valence-corrected chi connectivity index (χ1v) is 12.1. The second kappa shape index (κ2) is 8.76. The highest BCUT2D eigenvalue weighted by atomic mass is 16.5. The number of rotatable bonds is 5. The molecule has 0 N–H and O–H groups in total. The zero-order valence-corrected chi connectivity index (χ0v) is 19.8. The molecular formula is C26H32N4O3. The van der Waals surface area contributed by atoms with E-state index in [-0.39, 0.29) is 17.9 Å². The Bertz CT molecular complexity index is 1100. The zero-order valence-electron chi connectivity index (χ0n) is 19.8. The van der Waals surface area contributed by atoms with Gasteiger partial charge in [-0.05, 0) is 55.7 Å². The molecule has 33 heavy (non-hydrogen) atoms. The van der Waals surface area contributed by atoms with Crippen molar-refractivity contribution in [3.63, 3.8) is 0 Å². The lowest BCUT2D eigenvalue weighted by atomic mass is 10.0. The van der Waals surface area contributed by atoms with Gasteiger partial charge >= 0.3 is 0 Å². The molecule has 174 valence electrons. The summed E-state index contributed by atoms with van der Waals surface area (Å²) in [6.07, 6.45) is 4.53. The molecule has 0 radical (unpaired) electrons. The van der Waals surface area contributed by atoms with Crippen LogP contribution in [0.5, 0.6) is 5.75 Å². The molecule has 2 aromatic rings. The number of aromatic nitrogens is 2. The van der Waals surface area contributed by atoms with Crippen molar-refractivity contribution in [3.8, 4) is 5.75 Å². The van der Waals surface area contributed by atoms with Crippen LogP contribution in [0.15, 0.2) is 18.2 Å². The van der Waals surface area contributed by atoms with E-state index in [1.54, 1.807) is 4.90 Å². The van der Waals surface area contributed by atoms with E-state index < -0.39 is 0 Å². The lowest BCUT2D eigenvalue weighted by molar-refractivity contribution is -0.131. The van der Waals surface area contributed by atoms with E-state index in [0.29, 0.717) is 37.7 Å². The molecule has 1 fully saturated rings. The van der Waals surface area contributed by atoms with Crippen molar-refractivity contribution < 1.29 is 14.3 Å². The van der Waals surface area contributed by atoms with E-state index in [2.05, 4.69) is 19.9 Å². The predicted molar refractivity (Wildman–Crippen MR) is 125 cm³/mol. The van der Waals surface area contributed by atoms with Crippen LogP contribution in [0.4, 0.5) is 5.82 Å². The minimum atomic E-state index is -0.140. The Morgan fingerprint density at radius 1 is 1.24 bits per heavy atom. The molecule has 3 aliphatic rings. The molecule has 1 atom stereocenters. The second-order valence-corrected chi connectivity index (χ2v) is 9.86. The average molecular weight is 449 g/mol. The summed E-state index contributed by atoms with van der Waals surface area (Å²) in [5, 5.41) is 0. The molecule has 0 aliphatic carbocycles. The number of ether oxygens (including phenoxy) is 1. The molecule has 0 unspecified atom stereocenters. The van der Waals surface area contributed by atoms with E-state index in [0.717, 1.165) is 60.7 Å². The number of anilines is 1. The van der Waals surface area contributed by atoms with Crippen LogP contribution in [0.25, 0.3) is 0 Å². The molecule has 3 aliphatic heterocycles. The van der Waals surface area contributed by atoms with E-state index in [4.69, 9.17) is 14.7 Å². The average Bonchev–Trinajstić information content (AvgIpc) is 3.39. The molecule has 2 amide bonds. The van der Waals surface area contributed by atoms with Crippen molar-refractivity contribution in [2.24, 2.45) is 5.92 Å². The van der Waals surface area contributed by atoms with Crippen LogP contribution in [0, 0.1) is 12.8 Å². The van der Waals surface area contributed by atoms with Crippen molar-refractivity contribution >= 4 is 17.6 Å². The number of nitrogens with zero attached hydrogens (tertiary/aromatic N) is 4. The number of benzene rings is 1. The Kier molecular flexibility index (Phi) is 5.81. The normalized spacial score (nSPS) is 19.6. The Hall–Kier alpha value is -2.96. The molecule has 0 bridgehead atoms. The lowest BCUT2D eigenvalue weighted by Crippen LogP contribution is -2.34. The number of amides is 2. The highest BCUT2D eigenvalue weighted by molar-refractivity contribution is 6.00. The van der Waals surface area contributed by atoms with Crippen LogP contribution in [0.3, 0.4) is 0 Å². The highest BCUT2D eigenvalue weighted by Crippen LogP contribution is 2.36. The third-order valence-electron chi connectivity index (χ3n) is 6.84. The molecule has 5 rings (SSSR count). The lowest BCUT2D eigenvalue weighted by Gasteiger charge is -2.26. The van der Waals surface area contributed by atoms with Crippen LogP contribution < -0.4 is 9.64 Å². The van der Waals surface area contributed by atoms with E-state index in [1.165, 1.54) is 5.56 Å². The summed E-state index contributed by atoms with van der Waals surface area (Å²) < 4.78 is 5.71. The Morgan fingerprint density at radius 2 is 2.09 bits per heavy atom. The molecule has 7 nitrogen and oxygen atoms in total. The Labute approximate surface area is 195 Å². The fraction of sp³-hybridized carbons (Fsp3) is 0.538. The summed E-state index contributed by atoms with van der Waals surface area (Å²) in [4.78, 5) is 39.3. The summed E-state index contributed by atoms with van der Waals surface area (Å²) in [5.41, 5.74) is 3.99. The summed E-state index contributed by atoms with van der Waals surface area (Å²) in [6, 6.07) is 5.96. The molecule has 4 heterocycles. The van der Waals surface area contributed by atoms with Gasteiger partial charge in [-0.2, -0.15) is 0 Å². The molecule has 1 aromatic carbocycles. The van der Waals surface area contributed by atoms with Gasteiger partial charge in [0.15, 0.2) is 5.82 Å². The largest absolute Gasteiger partial charge is 0.493 e. The first-order valence-electron chi connectivity index (χ1n) is 12.1. The van der Waals surface area contributed by atoms with Gasteiger partial charge in [0.2, 0.25) is 11.8 Å². The quantitative estimate of drug-likeness (QED) is 0.699. The third-order valence-corrected chi connectivity index (χ3v) is 6.84. The van der Waals surface area contributed by atoms with Gasteiger partial charge in [0.25, 0.3) is 0 Å². The van der Waals surface area contributed by atoms with Crippen LogP contribution in [-0.4, -0.2) is 46.4 Å². The zero-order chi connectivity index (χ0) is 23.1. The smallest absolute Gasteiger partial charge is 0.232 e. The first-order chi connectivity index (χ1) is 15.9. The van der Waals surface area contributed by atoms with Crippen molar-refractivity contribution in [2.45, 2.75) is 65.3 Å². The summed E-state index contributed by atoms with van der Waals surface area (Å²) in [6.45, 7) is 8.28. The topological polar surface area (TPSA) is 75.6 Å². The molecule has 1 aromatic heterocycles. The monoisotopic (exact) mass is 448 g/mol. The van der Waals surface area contributed by atoms with Gasteiger partial charge < -0.3 is 9.64 Å². The number of hydrogen-bond donors (Lipinski definition) is 0. The van der Waals surface area contributed by atoms with E-state index >= 15 is 0 Å². The Morgan fingerprint density at radius 3 is 2.91 bits per heavy atom. The number of fused-ring (bicyclic) bond motifs is 2. The maximum absolute atomic E-state index is 13.3. The first kappa shape index (κ1) is 21.9. The predicted octanol–water partition coefficient (Wildman–Crippen LogP) is 3.56. The maximum atomic E-state index is 13.3. The van der Waals surface area contributed by atoms with Gasteiger partial charge in [0, 0.05) is 24.3 Å². The van der Waals surface area contributed by atoms with E-state index in [1.807, 2.05) is 24.0 Å². The summed E-state index contributed by atoms with van der Waals surface area (Å²) in [7, 11) is 0. The van der Waals surface area contributed by atoms with Crippen LogP contribution in [0.1, 0.15) is 67.4 Å². The second-order valence-electron chi connectivity index (χ2n) is 9.86. The van der Waals surface area contributed by atoms with Gasteiger partial charge in [-0.1, -0.05) is 26.0 Å². The number of likely N-dealkylation sites (tertiary alicyclic amines) is 1. The van der Waals surface area contributed by atoms with Gasteiger partial charge in [-0.25, -0.2) is 9.97 Å². The number of carbonyl (C=O) groups is 2. The SMILES string of the molecule is Cc1nc([C@H]2CCCN2C(=O)Cc2ccc3c(c2)CCCO3)nc2c1CC(=O)N2CC(C)C. The van der Waals surface area contributed by atoms with Gasteiger partial charge in [-0.3, -0.25) is 14.5 Å². The molecule has 0 saturated carbocycles. The molecular weight excluding hydrogens is 416 g/mol. The molecule has 1 saturated heterocycles. The molecule has 0 spiro atoms. The van der Waals surface area contributed by atoms with Crippen LogP contribution in [0.2, 0.25) is 0 Å². The van der Waals surface area contributed by atoms with E-state index in [9.17, 15) is 9.59 Å². The number of carbonyl (C=O) groups excluding carboxylic acids is 2. The van der Waals surface area contributed by atoms with Crippen molar-refractivity contribution in [2.75, 3.05) is 24.6 Å². The minimum Gasteiger partial charge on any atom is -0.493 e. The van der Waals surface area contributed by atoms with Crippen LogP contribution in [-0.2, 0) is 28.9 Å². The van der Waals surface area contributed by atoms with Crippen molar-refractivity contribution in [1.29, 1.82) is 0 Å². The highest BCUT2D eigenvalue weighted by Gasteiger charge is 2.36. The third kappa shape index (κ3) is 4.21. The number of aryl methyl sites for hydroxylation is 2. The maximum Gasteiger partial charge on any atom is 0.232 e. The summed E-state index contributed by atoms with van der Waals surface area (Å²) in [5.74, 6) is 2.89. The Balaban J connectivity index is 1.38. The summed E-state index contributed by atoms with van der Waals surface area (Å²) >= 11 is 0. The van der Waals surface area contributed by atoms with Crippen LogP contribution >= 0.6 is 0 Å². The van der Waals surface area contributed by atoms with Gasteiger partial charge in [0.1, 0.15) is 11.6 Å². The van der Waals surface area contributed by atoms with Crippen molar-refractivity contribution in [1.82, 2.24) is 14.9 Å². The fourth-order valence-corrected chi connectivity index (χ4v) is 5.23. The molecule has 7 heteroatoms. The van der Waals surface area contributed by atoms with Crippen molar-refractivity contribution in [3.05, 3.63) is 46.4 Å². The number of hydrogen-bond acceptors (Lipinski definition) is 5. The van der Waals surface area contributed by atoms with Gasteiger partial charge in [-0.15, -0.1) is 0 Å². The van der Waals surface area contributed by atoms with Gasteiger partial charge in [0.05, 0.1) is 25.5 Å². The minimum absolute atomic E-state index is 0.0870. The fourth-order valence-electron chi connectivity index (χ4n) is 5.23. The standard InChI is InChI=1S/C26H32N4O3/c1-16(2)15-30-24(32)14-20-17(3)27-25(28-26(20)30)21-7-4-10-29(21)23(31)13-18-8-9-22-19(12-18)6-5-11-33-22/h8-9,12,16,21H,4-7,10-11,13-15H2,1-3H3/t21-/m1/s1.